The lowest BCUT2D eigenvalue weighted by Gasteiger charge is -2.11. The molecule has 0 saturated heterocycles. The lowest BCUT2D eigenvalue weighted by molar-refractivity contribution is -0.115. The molecule has 0 aliphatic carbocycles. The highest BCUT2D eigenvalue weighted by Crippen LogP contribution is 2.26. The van der Waals surface area contributed by atoms with Crippen molar-refractivity contribution in [2.45, 2.75) is 24.3 Å². The van der Waals surface area contributed by atoms with Crippen LogP contribution in [0.3, 0.4) is 0 Å². The molecule has 0 aliphatic heterocycles. The summed E-state index contributed by atoms with van der Waals surface area (Å²) in [5.41, 5.74) is 2.09. The summed E-state index contributed by atoms with van der Waals surface area (Å²) in [4.78, 5) is 12.4. The Hall–Kier alpha value is -2.87. The minimum absolute atomic E-state index is 0.186. The average molecular weight is 371 g/mol. The Balaban J connectivity index is 1.71. The van der Waals surface area contributed by atoms with Crippen molar-refractivity contribution < 1.29 is 9.18 Å². The summed E-state index contributed by atoms with van der Waals surface area (Å²) in [6, 6.07) is 13.7. The third kappa shape index (κ3) is 3.85. The Morgan fingerprint density at radius 3 is 2.58 bits per heavy atom. The van der Waals surface area contributed by atoms with Crippen molar-refractivity contribution in [1.29, 1.82) is 0 Å². The van der Waals surface area contributed by atoms with Crippen LogP contribution in [0.15, 0.2) is 53.7 Å². The van der Waals surface area contributed by atoms with Crippen LogP contribution >= 0.6 is 11.8 Å². The van der Waals surface area contributed by atoms with Crippen molar-refractivity contribution in [2.24, 2.45) is 0 Å². The molecule has 1 amide bonds. The zero-order chi connectivity index (χ0) is 18.7. The van der Waals surface area contributed by atoms with Gasteiger partial charge in [0.1, 0.15) is 5.82 Å². The van der Waals surface area contributed by atoms with Gasteiger partial charge in [-0.3, -0.25) is 4.79 Å². The summed E-state index contributed by atoms with van der Waals surface area (Å²) in [7, 11) is 0. The van der Waals surface area contributed by atoms with Crippen molar-refractivity contribution in [3.05, 3.63) is 59.9 Å². The molecule has 8 heteroatoms. The molecule has 0 radical (unpaired) electrons. The number of thioether (sulfide) groups is 1. The molecule has 2 aromatic carbocycles. The molecule has 6 nitrogen and oxygen atoms in total. The first-order chi connectivity index (χ1) is 12.5. The van der Waals surface area contributed by atoms with Crippen LogP contribution in [0, 0.1) is 12.7 Å². The Morgan fingerprint density at radius 1 is 1.19 bits per heavy atom. The Labute approximate surface area is 154 Å². The zero-order valence-electron chi connectivity index (χ0n) is 14.3. The van der Waals surface area contributed by atoms with E-state index >= 15 is 0 Å². The summed E-state index contributed by atoms with van der Waals surface area (Å²) < 4.78 is 15.1. The molecular weight excluding hydrogens is 353 g/mol. The van der Waals surface area contributed by atoms with Gasteiger partial charge in [-0.15, -0.1) is 10.2 Å². The molecule has 0 aliphatic rings. The minimum Gasteiger partial charge on any atom is -0.335 e. The van der Waals surface area contributed by atoms with Gasteiger partial charge in [-0.05, 0) is 38.1 Å². The highest BCUT2D eigenvalue weighted by atomic mass is 32.2. The Morgan fingerprint density at radius 2 is 1.88 bits per heavy atom. The molecule has 1 aromatic heterocycles. The number of halogens is 1. The number of amides is 1. The summed E-state index contributed by atoms with van der Waals surface area (Å²) in [5.74, 6) is 5.58. The number of hydrogen-bond acceptors (Lipinski definition) is 5. The van der Waals surface area contributed by atoms with Crippen molar-refractivity contribution in [1.82, 2.24) is 14.9 Å². The molecule has 3 rings (SSSR count). The number of nitrogens with one attached hydrogen (secondary N) is 1. The molecular formula is C18H18FN5OS. The van der Waals surface area contributed by atoms with E-state index in [1.54, 1.807) is 25.1 Å². The molecule has 0 spiro atoms. The number of aryl methyl sites for hydroxylation is 1. The van der Waals surface area contributed by atoms with Crippen LogP contribution in [-0.4, -0.2) is 26.0 Å². The molecule has 1 atom stereocenters. The van der Waals surface area contributed by atoms with Crippen molar-refractivity contribution in [3.8, 4) is 11.4 Å². The van der Waals surface area contributed by atoms with E-state index in [9.17, 15) is 9.18 Å². The number of hydrogen-bond donors (Lipinski definition) is 2. The smallest absolute Gasteiger partial charge is 0.237 e. The van der Waals surface area contributed by atoms with Gasteiger partial charge >= 0.3 is 0 Å². The van der Waals surface area contributed by atoms with Crippen LogP contribution in [0.5, 0.6) is 0 Å². The van der Waals surface area contributed by atoms with Crippen LogP contribution in [-0.2, 0) is 4.79 Å². The second-order valence-electron chi connectivity index (χ2n) is 5.77. The Kier molecular flexibility index (Phi) is 5.22. The lowest BCUT2D eigenvalue weighted by Crippen LogP contribution is -2.23. The molecule has 0 saturated carbocycles. The molecule has 134 valence electrons. The second kappa shape index (κ2) is 7.57. The molecule has 0 fully saturated rings. The maximum absolute atomic E-state index is 13.9. The van der Waals surface area contributed by atoms with E-state index in [1.165, 1.54) is 10.7 Å². The van der Waals surface area contributed by atoms with Crippen LogP contribution in [0.2, 0.25) is 0 Å². The highest BCUT2D eigenvalue weighted by Gasteiger charge is 2.21. The van der Waals surface area contributed by atoms with Gasteiger partial charge in [-0.1, -0.05) is 41.6 Å². The van der Waals surface area contributed by atoms with E-state index in [4.69, 9.17) is 5.84 Å². The maximum atomic E-state index is 13.9. The minimum atomic E-state index is -0.462. The Bertz CT molecular complexity index is 926. The predicted molar refractivity (Wildman–Crippen MR) is 101 cm³/mol. The van der Waals surface area contributed by atoms with Crippen molar-refractivity contribution in [3.63, 3.8) is 0 Å². The SMILES string of the molecule is Cc1ccc(NC(=O)[C@@H](C)Sc2nnc(-c3ccccc3F)n2N)cc1. The lowest BCUT2D eigenvalue weighted by atomic mass is 10.2. The van der Waals surface area contributed by atoms with Gasteiger partial charge in [-0.2, -0.15) is 0 Å². The number of nitrogens with zero attached hydrogens (tertiary/aromatic N) is 3. The summed E-state index contributed by atoms with van der Waals surface area (Å²) in [6.07, 6.45) is 0. The third-order valence-corrected chi connectivity index (χ3v) is 4.81. The third-order valence-electron chi connectivity index (χ3n) is 3.75. The molecule has 0 bridgehead atoms. The topological polar surface area (TPSA) is 85.8 Å². The number of anilines is 1. The fourth-order valence-corrected chi connectivity index (χ4v) is 3.05. The van der Waals surface area contributed by atoms with Crippen molar-refractivity contribution >= 4 is 23.4 Å². The number of benzene rings is 2. The fourth-order valence-electron chi connectivity index (χ4n) is 2.28. The monoisotopic (exact) mass is 371 g/mol. The first-order valence-corrected chi connectivity index (χ1v) is 8.83. The van der Waals surface area contributed by atoms with Crippen LogP contribution < -0.4 is 11.2 Å². The van der Waals surface area contributed by atoms with E-state index < -0.39 is 11.1 Å². The van der Waals surface area contributed by atoms with Gasteiger partial charge in [0, 0.05) is 5.69 Å². The van der Waals surface area contributed by atoms with E-state index in [0.29, 0.717) is 10.8 Å². The summed E-state index contributed by atoms with van der Waals surface area (Å²) in [6.45, 7) is 3.72. The van der Waals surface area contributed by atoms with E-state index in [0.717, 1.165) is 17.3 Å². The van der Waals surface area contributed by atoms with Gasteiger partial charge in [0.15, 0.2) is 5.82 Å². The summed E-state index contributed by atoms with van der Waals surface area (Å²) >= 11 is 1.15. The molecule has 3 N–H and O–H groups in total. The largest absolute Gasteiger partial charge is 0.335 e. The number of nitrogen functional groups attached to an aromatic ring is 1. The van der Waals surface area contributed by atoms with E-state index in [2.05, 4.69) is 15.5 Å². The molecule has 0 unspecified atom stereocenters. The second-order valence-corrected chi connectivity index (χ2v) is 7.08. The number of carbonyl (C=O) groups excluding carboxylic acids is 1. The van der Waals surface area contributed by atoms with Crippen LogP contribution in [0.4, 0.5) is 10.1 Å². The quantitative estimate of drug-likeness (QED) is 0.531. The number of aromatic nitrogens is 3. The van der Waals surface area contributed by atoms with Gasteiger partial charge in [0.25, 0.3) is 0 Å². The first kappa shape index (κ1) is 17.9. The highest BCUT2D eigenvalue weighted by molar-refractivity contribution is 8.00. The van der Waals surface area contributed by atoms with Gasteiger partial charge in [0.2, 0.25) is 11.1 Å². The number of carbonyl (C=O) groups is 1. The van der Waals surface area contributed by atoms with E-state index in [1.807, 2.05) is 31.2 Å². The van der Waals surface area contributed by atoms with Crippen molar-refractivity contribution in [2.75, 3.05) is 11.2 Å². The maximum Gasteiger partial charge on any atom is 0.237 e. The fraction of sp³-hybridized carbons (Fsp3) is 0.167. The molecule has 26 heavy (non-hydrogen) atoms. The first-order valence-electron chi connectivity index (χ1n) is 7.95. The number of nitrogens with two attached hydrogens (primary N) is 1. The van der Waals surface area contributed by atoms with Gasteiger partial charge in [-0.25, -0.2) is 9.07 Å². The number of rotatable bonds is 5. The van der Waals surface area contributed by atoms with Crippen LogP contribution in [0.1, 0.15) is 12.5 Å². The van der Waals surface area contributed by atoms with Gasteiger partial charge in [0.05, 0.1) is 10.8 Å². The molecule has 1 heterocycles. The normalized spacial score (nSPS) is 12.0. The summed E-state index contributed by atoms with van der Waals surface area (Å²) in [5, 5.41) is 10.6. The van der Waals surface area contributed by atoms with E-state index in [-0.39, 0.29) is 17.3 Å². The average Bonchev–Trinajstić information content (AvgIpc) is 2.98. The van der Waals surface area contributed by atoms with Crippen LogP contribution in [0.25, 0.3) is 11.4 Å². The van der Waals surface area contributed by atoms with Gasteiger partial charge < -0.3 is 11.2 Å². The zero-order valence-corrected chi connectivity index (χ0v) is 15.1. The molecule has 3 aromatic rings. The standard InChI is InChI=1S/C18H18FN5OS/c1-11-7-9-13(10-8-11)21-17(25)12(2)26-18-23-22-16(24(18)20)14-5-3-4-6-15(14)19/h3-10,12H,20H2,1-2H3,(H,21,25)/t12-/m1/s1. The predicted octanol–water partition coefficient (Wildman–Crippen LogP) is 3.23.